The smallest absolute Gasteiger partial charge is 0.242 e. The van der Waals surface area contributed by atoms with Crippen molar-refractivity contribution < 1.29 is 4.79 Å². The predicted molar refractivity (Wildman–Crippen MR) is 68.2 cm³/mol. The van der Waals surface area contributed by atoms with Crippen LogP contribution in [-0.4, -0.2) is 16.9 Å². The van der Waals surface area contributed by atoms with E-state index in [2.05, 4.69) is 26.2 Å². The minimum absolute atomic E-state index is 0.181. The number of nitrogens with one attached hydrogen (secondary N) is 1. The van der Waals surface area contributed by atoms with E-state index >= 15 is 0 Å². The van der Waals surface area contributed by atoms with Crippen LogP contribution in [0.1, 0.15) is 25.3 Å². The number of anilines is 1. The molecule has 0 saturated heterocycles. The molecule has 0 fully saturated rings. The standard InChI is InChI=1S/C11H16BrN3O/c1-3-4-9(13)11(16)15-10-7(2)5-8(12)6-14-10/h5-6,9H,3-4,13H2,1-2H3,(H,14,15,16). The van der Waals surface area contributed by atoms with Crippen molar-refractivity contribution in [2.75, 3.05) is 5.32 Å². The highest BCUT2D eigenvalue weighted by atomic mass is 79.9. The number of halogens is 1. The molecule has 3 N–H and O–H groups in total. The van der Waals surface area contributed by atoms with Crippen molar-refractivity contribution in [3.05, 3.63) is 22.3 Å². The van der Waals surface area contributed by atoms with Gasteiger partial charge < -0.3 is 11.1 Å². The van der Waals surface area contributed by atoms with E-state index in [1.807, 2.05) is 19.9 Å². The first-order chi connectivity index (χ1) is 7.54. The van der Waals surface area contributed by atoms with Crippen LogP contribution < -0.4 is 11.1 Å². The number of pyridine rings is 1. The molecule has 88 valence electrons. The van der Waals surface area contributed by atoms with Crippen molar-refractivity contribution in [1.82, 2.24) is 4.98 Å². The number of amides is 1. The summed E-state index contributed by atoms with van der Waals surface area (Å²) in [5, 5.41) is 2.73. The number of nitrogens with two attached hydrogens (primary N) is 1. The Hall–Kier alpha value is -0.940. The first-order valence-electron chi connectivity index (χ1n) is 5.23. The number of carbonyl (C=O) groups is 1. The Morgan fingerprint density at radius 3 is 2.94 bits per heavy atom. The van der Waals surface area contributed by atoms with Gasteiger partial charge in [0.2, 0.25) is 5.91 Å². The second-order valence-corrected chi connectivity index (χ2v) is 4.62. The Balaban J connectivity index is 2.69. The predicted octanol–water partition coefficient (Wildman–Crippen LogP) is 2.22. The molecule has 0 spiro atoms. The van der Waals surface area contributed by atoms with E-state index < -0.39 is 6.04 Å². The number of aromatic nitrogens is 1. The molecule has 1 aromatic rings. The number of hydrogen-bond acceptors (Lipinski definition) is 3. The summed E-state index contributed by atoms with van der Waals surface area (Å²) >= 11 is 3.32. The summed E-state index contributed by atoms with van der Waals surface area (Å²) < 4.78 is 0.890. The number of aryl methyl sites for hydroxylation is 1. The Morgan fingerprint density at radius 2 is 2.38 bits per heavy atom. The fraction of sp³-hybridized carbons (Fsp3) is 0.455. The zero-order valence-electron chi connectivity index (χ0n) is 9.46. The van der Waals surface area contributed by atoms with Gasteiger partial charge >= 0.3 is 0 Å². The number of rotatable bonds is 4. The molecule has 0 radical (unpaired) electrons. The van der Waals surface area contributed by atoms with Crippen LogP contribution in [0.4, 0.5) is 5.82 Å². The molecule has 1 unspecified atom stereocenters. The Bertz CT molecular complexity index is 381. The quantitative estimate of drug-likeness (QED) is 0.891. The van der Waals surface area contributed by atoms with Gasteiger partial charge in [-0.3, -0.25) is 4.79 Å². The van der Waals surface area contributed by atoms with Gasteiger partial charge in [-0.2, -0.15) is 0 Å². The van der Waals surface area contributed by atoms with Crippen LogP contribution >= 0.6 is 15.9 Å². The summed E-state index contributed by atoms with van der Waals surface area (Å²) in [6, 6.07) is 1.43. The summed E-state index contributed by atoms with van der Waals surface area (Å²) in [6.07, 6.45) is 3.22. The molecular formula is C11H16BrN3O. The van der Waals surface area contributed by atoms with Crippen molar-refractivity contribution in [2.24, 2.45) is 5.73 Å². The lowest BCUT2D eigenvalue weighted by Crippen LogP contribution is -2.35. The van der Waals surface area contributed by atoms with Crippen LogP contribution in [0.25, 0.3) is 0 Å². The average Bonchev–Trinajstić information content (AvgIpc) is 2.22. The fourth-order valence-electron chi connectivity index (χ4n) is 1.32. The second-order valence-electron chi connectivity index (χ2n) is 3.70. The van der Waals surface area contributed by atoms with Gasteiger partial charge in [0.15, 0.2) is 0 Å². The van der Waals surface area contributed by atoms with Crippen LogP contribution in [-0.2, 0) is 4.79 Å². The lowest BCUT2D eigenvalue weighted by molar-refractivity contribution is -0.117. The van der Waals surface area contributed by atoms with Crippen LogP contribution in [0.3, 0.4) is 0 Å². The van der Waals surface area contributed by atoms with E-state index in [9.17, 15) is 4.79 Å². The maximum absolute atomic E-state index is 11.7. The van der Waals surface area contributed by atoms with Gasteiger partial charge in [0, 0.05) is 10.7 Å². The molecule has 0 aliphatic rings. The first-order valence-corrected chi connectivity index (χ1v) is 6.02. The zero-order valence-corrected chi connectivity index (χ0v) is 11.0. The molecule has 0 aliphatic carbocycles. The molecule has 0 bridgehead atoms. The first kappa shape index (κ1) is 13.1. The van der Waals surface area contributed by atoms with Crippen molar-refractivity contribution >= 4 is 27.7 Å². The minimum Gasteiger partial charge on any atom is -0.320 e. The van der Waals surface area contributed by atoms with Crippen LogP contribution in [0, 0.1) is 6.92 Å². The molecule has 0 saturated carbocycles. The maximum atomic E-state index is 11.7. The third-order valence-corrected chi connectivity index (χ3v) is 2.66. The Morgan fingerprint density at radius 1 is 1.69 bits per heavy atom. The zero-order chi connectivity index (χ0) is 12.1. The second kappa shape index (κ2) is 5.96. The van der Waals surface area contributed by atoms with Gasteiger partial charge in [0.25, 0.3) is 0 Å². The van der Waals surface area contributed by atoms with Gasteiger partial charge in [-0.15, -0.1) is 0 Å². The van der Waals surface area contributed by atoms with E-state index in [-0.39, 0.29) is 5.91 Å². The summed E-state index contributed by atoms with van der Waals surface area (Å²) in [5.74, 6) is 0.388. The number of nitrogens with zero attached hydrogens (tertiary/aromatic N) is 1. The van der Waals surface area contributed by atoms with Gasteiger partial charge in [-0.1, -0.05) is 13.3 Å². The number of hydrogen-bond donors (Lipinski definition) is 2. The van der Waals surface area contributed by atoms with Crippen molar-refractivity contribution in [2.45, 2.75) is 32.7 Å². The molecule has 4 nitrogen and oxygen atoms in total. The van der Waals surface area contributed by atoms with E-state index in [4.69, 9.17) is 5.73 Å². The van der Waals surface area contributed by atoms with Crippen molar-refractivity contribution in [3.8, 4) is 0 Å². The van der Waals surface area contributed by atoms with Crippen molar-refractivity contribution in [1.29, 1.82) is 0 Å². The highest BCUT2D eigenvalue weighted by Gasteiger charge is 2.13. The molecule has 1 amide bonds. The van der Waals surface area contributed by atoms with Crippen LogP contribution in [0.5, 0.6) is 0 Å². The molecule has 0 aliphatic heterocycles. The normalized spacial score (nSPS) is 12.2. The number of carbonyl (C=O) groups excluding carboxylic acids is 1. The maximum Gasteiger partial charge on any atom is 0.242 e. The SMILES string of the molecule is CCCC(N)C(=O)Nc1ncc(Br)cc1C. The van der Waals surface area contributed by atoms with Gasteiger partial charge in [0.05, 0.1) is 6.04 Å². The summed E-state index contributed by atoms with van der Waals surface area (Å²) in [4.78, 5) is 15.8. The Kier molecular flexibility index (Phi) is 4.89. The van der Waals surface area contributed by atoms with E-state index in [0.717, 1.165) is 16.5 Å². The third-order valence-electron chi connectivity index (χ3n) is 2.22. The van der Waals surface area contributed by atoms with Crippen LogP contribution in [0.15, 0.2) is 16.7 Å². The lowest BCUT2D eigenvalue weighted by Gasteiger charge is -2.12. The van der Waals surface area contributed by atoms with E-state index in [1.54, 1.807) is 6.20 Å². The summed E-state index contributed by atoms with van der Waals surface area (Å²) in [5.41, 5.74) is 6.62. The Labute approximate surface area is 104 Å². The highest BCUT2D eigenvalue weighted by molar-refractivity contribution is 9.10. The van der Waals surface area contributed by atoms with E-state index in [0.29, 0.717) is 12.2 Å². The molecule has 1 aromatic heterocycles. The van der Waals surface area contributed by atoms with Gasteiger partial charge in [-0.25, -0.2) is 4.98 Å². The largest absolute Gasteiger partial charge is 0.320 e. The topological polar surface area (TPSA) is 68.0 Å². The lowest BCUT2D eigenvalue weighted by atomic mass is 10.1. The third kappa shape index (κ3) is 3.57. The molecule has 1 rings (SSSR count). The summed E-state index contributed by atoms with van der Waals surface area (Å²) in [6.45, 7) is 3.88. The minimum atomic E-state index is -0.463. The monoisotopic (exact) mass is 285 g/mol. The van der Waals surface area contributed by atoms with Crippen LogP contribution in [0.2, 0.25) is 0 Å². The fourth-order valence-corrected chi connectivity index (χ4v) is 1.77. The molecule has 16 heavy (non-hydrogen) atoms. The molecule has 5 heteroatoms. The van der Waals surface area contributed by atoms with Crippen molar-refractivity contribution in [3.63, 3.8) is 0 Å². The van der Waals surface area contributed by atoms with Gasteiger partial charge in [-0.05, 0) is 40.9 Å². The highest BCUT2D eigenvalue weighted by Crippen LogP contribution is 2.16. The molecular weight excluding hydrogens is 270 g/mol. The molecule has 1 atom stereocenters. The molecule has 0 aromatic carbocycles. The van der Waals surface area contributed by atoms with Gasteiger partial charge in [0.1, 0.15) is 5.82 Å². The average molecular weight is 286 g/mol. The summed E-state index contributed by atoms with van der Waals surface area (Å²) in [7, 11) is 0. The molecule has 1 heterocycles. The van der Waals surface area contributed by atoms with E-state index in [1.165, 1.54) is 0 Å².